The first-order valence-corrected chi connectivity index (χ1v) is 6.99. The van der Waals surface area contributed by atoms with Gasteiger partial charge in [-0.2, -0.15) is 5.10 Å². The first kappa shape index (κ1) is 17.0. The van der Waals surface area contributed by atoms with Crippen LogP contribution in [0, 0.1) is 0 Å². The zero-order valence-electron chi connectivity index (χ0n) is 12.6. The van der Waals surface area contributed by atoms with E-state index in [2.05, 4.69) is 10.5 Å². The largest absolute Gasteiger partial charge is 0.490 e. The summed E-state index contributed by atoms with van der Waals surface area (Å²) in [5, 5.41) is 12.8. The minimum Gasteiger partial charge on any atom is -0.490 e. The van der Waals surface area contributed by atoms with Crippen molar-refractivity contribution in [2.24, 2.45) is 5.10 Å². The summed E-state index contributed by atoms with van der Waals surface area (Å²) >= 11 is 0. The highest BCUT2D eigenvalue weighted by Gasteiger charge is 2.07. The van der Waals surface area contributed by atoms with Crippen molar-refractivity contribution >= 4 is 12.1 Å². The third-order valence-corrected chi connectivity index (χ3v) is 2.50. The predicted octanol–water partition coefficient (Wildman–Crippen LogP) is 1.70. The molecule has 6 nitrogen and oxygen atoms in total. The summed E-state index contributed by atoms with van der Waals surface area (Å²) in [6, 6.07) is 5.40. The molecule has 1 aromatic rings. The van der Waals surface area contributed by atoms with Crippen molar-refractivity contribution in [2.75, 3.05) is 13.2 Å². The van der Waals surface area contributed by atoms with Gasteiger partial charge in [0, 0.05) is 0 Å². The Bertz CT molecular complexity index is 487. The molecule has 1 atom stereocenters. The van der Waals surface area contributed by atoms with Crippen molar-refractivity contribution in [3.63, 3.8) is 0 Å². The summed E-state index contributed by atoms with van der Waals surface area (Å²) in [5.74, 6) is 0.764. The molecule has 0 fully saturated rings. The lowest BCUT2D eigenvalue weighted by Gasteiger charge is -2.11. The first-order chi connectivity index (χ1) is 10.1. The average molecular weight is 294 g/mol. The summed E-state index contributed by atoms with van der Waals surface area (Å²) < 4.78 is 11.1. The van der Waals surface area contributed by atoms with Crippen molar-refractivity contribution < 1.29 is 19.4 Å². The number of ether oxygens (including phenoxy) is 2. The van der Waals surface area contributed by atoms with Crippen LogP contribution in [-0.4, -0.2) is 36.5 Å². The fourth-order valence-corrected chi connectivity index (χ4v) is 1.47. The molecule has 0 saturated carbocycles. The molecular weight excluding hydrogens is 272 g/mol. The van der Waals surface area contributed by atoms with Gasteiger partial charge in [0.25, 0.3) is 5.91 Å². The van der Waals surface area contributed by atoms with Crippen LogP contribution in [0.15, 0.2) is 23.3 Å². The van der Waals surface area contributed by atoms with Gasteiger partial charge in [-0.1, -0.05) is 6.92 Å². The molecule has 0 unspecified atom stereocenters. The van der Waals surface area contributed by atoms with Gasteiger partial charge < -0.3 is 14.6 Å². The number of hydrazone groups is 1. The number of nitrogens with one attached hydrogen (secondary N) is 1. The van der Waals surface area contributed by atoms with E-state index >= 15 is 0 Å². The number of carbonyl (C=O) groups is 1. The van der Waals surface area contributed by atoms with Crippen molar-refractivity contribution in [1.82, 2.24) is 5.43 Å². The zero-order chi connectivity index (χ0) is 15.7. The second kappa shape index (κ2) is 8.97. The smallest absolute Gasteiger partial charge is 0.268 e. The van der Waals surface area contributed by atoms with Gasteiger partial charge in [-0.05, 0) is 44.0 Å². The Labute approximate surface area is 124 Å². The van der Waals surface area contributed by atoms with Crippen molar-refractivity contribution in [3.8, 4) is 11.5 Å². The lowest BCUT2D eigenvalue weighted by molar-refractivity contribution is -0.128. The van der Waals surface area contributed by atoms with Gasteiger partial charge in [0.2, 0.25) is 0 Å². The van der Waals surface area contributed by atoms with E-state index in [0.717, 1.165) is 12.0 Å². The van der Waals surface area contributed by atoms with Gasteiger partial charge in [0.15, 0.2) is 11.5 Å². The molecule has 0 aliphatic carbocycles. The lowest BCUT2D eigenvalue weighted by Crippen LogP contribution is -2.28. The normalized spacial score (nSPS) is 12.2. The Morgan fingerprint density at radius 2 is 2.14 bits per heavy atom. The van der Waals surface area contributed by atoms with Crippen LogP contribution in [0.3, 0.4) is 0 Å². The summed E-state index contributed by atoms with van der Waals surface area (Å²) in [7, 11) is 0. The van der Waals surface area contributed by atoms with Gasteiger partial charge >= 0.3 is 0 Å². The Morgan fingerprint density at radius 3 is 2.76 bits per heavy atom. The molecule has 0 aliphatic heterocycles. The van der Waals surface area contributed by atoms with E-state index in [1.54, 1.807) is 12.1 Å². The molecule has 2 N–H and O–H groups in total. The zero-order valence-corrected chi connectivity index (χ0v) is 12.6. The minimum atomic E-state index is -1.09. The Morgan fingerprint density at radius 1 is 1.38 bits per heavy atom. The van der Waals surface area contributed by atoms with Gasteiger partial charge in [0.1, 0.15) is 6.10 Å². The summed E-state index contributed by atoms with van der Waals surface area (Å²) in [4.78, 5) is 11.2. The van der Waals surface area contributed by atoms with Crippen molar-refractivity contribution in [3.05, 3.63) is 23.8 Å². The minimum absolute atomic E-state index is 0.530. The Kier molecular flexibility index (Phi) is 7.25. The molecule has 0 bridgehead atoms. The Hall–Kier alpha value is -2.08. The van der Waals surface area contributed by atoms with Crippen LogP contribution in [-0.2, 0) is 4.79 Å². The number of amides is 1. The molecule has 1 rings (SSSR count). The van der Waals surface area contributed by atoms with E-state index in [9.17, 15) is 4.79 Å². The van der Waals surface area contributed by atoms with E-state index in [1.165, 1.54) is 13.1 Å². The number of nitrogens with zero attached hydrogens (tertiary/aromatic N) is 1. The summed E-state index contributed by atoms with van der Waals surface area (Å²) in [6.45, 7) is 6.46. The topological polar surface area (TPSA) is 80.2 Å². The van der Waals surface area contributed by atoms with Gasteiger partial charge in [-0.25, -0.2) is 5.43 Å². The number of rotatable bonds is 8. The molecule has 0 aromatic heterocycles. The van der Waals surface area contributed by atoms with Crippen LogP contribution in [0.4, 0.5) is 0 Å². The van der Waals surface area contributed by atoms with Crippen molar-refractivity contribution in [1.29, 1.82) is 0 Å². The average Bonchev–Trinajstić information content (AvgIpc) is 2.46. The fraction of sp³-hybridized carbons (Fsp3) is 0.467. The molecular formula is C15H22N2O4. The third-order valence-electron chi connectivity index (χ3n) is 2.50. The van der Waals surface area contributed by atoms with Gasteiger partial charge in [0.05, 0.1) is 19.4 Å². The quantitative estimate of drug-likeness (QED) is 0.565. The molecule has 0 spiro atoms. The number of aliphatic hydroxyl groups is 1. The maximum atomic E-state index is 11.2. The molecule has 0 radical (unpaired) electrons. The number of hydrogen-bond donors (Lipinski definition) is 2. The number of benzene rings is 1. The predicted molar refractivity (Wildman–Crippen MR) is 80.8 cm³/mol. The van der Waals surface area contributed by atoms with E-state index in [0.29, 0.717) is 24.7 Å². The van der Waals surface area contributed by atoms with Crippen LogP contribution >= 0.6 is 0 Å². The molecule has 21 heavy (non-hydrogen) atoms. The van der Waals surface area contributed by atoms with Crippen LogP contribution in [0.25, 0.3) is 0 Å². The molecule has 0 aliphatic rings. The third kappa shape index (κ3) is 5.83. The molecule has 0 heterocycles. The highest BCUT2D eigenvalue weighted by molar-refractivity contribution is 5.84. The maximum Gasteiger partial charge on any atom is 0.268 e. The lowest BCUT2D eigenvalue weighted by atomic mass is 10.2. The summed E-state index contributed by atoms with van der Waals surface area (Å²) in [5.41, 5.74) is 3.00. The number of hydrogen-bond acceptors (Lipinski definition) is 5. The second-order valence-electron chi connectivity index (χ2n) is 4.40. The van der Waals surface area contributed by atoms with Crippen LogP contribution in [0.5, 0.6) is 11.5 Å². The van der Waals surface area contributed by atoms with E-state index < -0.39 is 12.0 Å². The van der Waals surface area contributed by atoms with Gasteiger partial charge in [-0.15, -0.1) is 0 Å². The molecule has 0 saturated heterocycles. The van der Waals surface area contributed by atoms with Crippen LogP contribution in [0.2, 0.25) is 0 Å². The van der Waals surface area contributed by atoms with Crippen LogP contribution < -0.4 is 14.9 Å². The molecule has 6 heteroatoms. The second-order valence-corrected chi connectivity index (χ2v) is 4.40. The fourth-order valence-electron chi connectivity index (χ4n) is 1.47. The van der Waals surface area contributed by atoms with E-state index in [-0.39, 0.29) is 0 Å². The number of aliphatic hydroxyl groups excluding tert-OH is 1. The summed E-state index contributed by atoms with van der Waals surface area (Å²) in [6.07, 6.45) is 1.30. The van der Waals surface area contributed by atoms with Gasteiger partial charge in [-0.3, -0.25) is 4.79 Å². The number of carbonyl (C=O) groups excluding carboxylic acids is 1. The highest BCUT2D eigenvalue weighted by atomic mass is 16.5. The van der Waals surface area contributed by atoms with E-state index in [1.807, 2.05) is 19.9 Å². The molecule has 1 aromatic carbocycles. The first-order valence-electron chi connectivity index (χ1n) is 6.99. The standard InChI is InChI=1S/C15H22N2O4/c1-4-8-21-13-7-6-12(9-14(13)20-5-2)10-16-17-15(19)11(3)18/h6-7,9-11,18H,4-5,8H2,1-3H3,(H,17,19)/b16-10-/t11-/m1/s1. The molecule has 1 amide bonds. The SMILES string of the molecule is CCCOc1ccc(/C=N\NC(=O)[C@@H](C)O)cc1OCC. The van der Waals surface area contributed by atoms with Crippen LogP contribution in [0.1, 0.15) is 32.8 Å². The molecule has 116 valence electrons. The van der Waals surface area contributed by atoms with Crippen molar-refractivity contribution in [2.45, 2.75) is 33.3 Å². The Balaban J connectivity index is 2.77. The van der Waals surface area contributed by atoms with E-state index in [4.69, 9.17) is 14.6 Å². The monoisotopic (exact) mass is 294 g/mol. The highest BCUT2D eigenvalue weighted by Crippen LogP contribution is 2.28. The maximum absolute atomic E-state index is 11.2.